The van der Waals surface area contributed by atoms with Crippen molar-refractivity contribution in [3.63, 3.8) is 0 Å². The maximum Gasteiger partial charge on any atom is 0.333 e. The molecule has 1 heterocycles. The topological polar surface area (TPSA) is 85.6 Å². The van der Waals surface area contributed by atoms with Gasteiger partial charge in [0.15, 0.2) is 18.1 Å². The van der Waals surface area contributed by atoms with Crippen molar-refractivity contribution in [1.82, 2.24) is 5.32 Å². The van der Waals surface area contributed by atoms with Crippen molar-refractivity contribution in [2.45, 2.75) is 26.8 Å². The molecule has 0 aliphatic heterocycles. The number of ether oxygens (including phenoxy) is 1. The van der Waals surface area contributed by atoms with E-state index in [2.05, 4.69) is 5.32 Å². The lowest BCUT2D eigenvalue weighted by Crippen LogP contribution is -2.40. The molecular weight excluding hydrogens is 322 g/mol. The molecule has 0 spiro atoms. The number of nitrogens with one attached hydrogen (secondary N) is 1. The highest BCUT2D eigenvalue weighted by Crippen LogP contribution is 2.25. The van der Waals surface area contributed by atoms with Gasteiger partial charge in [-0.05, 0) is 17.7 Å². The fraction of sp³-hybridized carbons (Fsp3) is 0.316. The lowest BCUT2D eigenvalue weighted by atomic mass is 9.94. The van der Waals surface area contributed by atoms with Gasteiger partial charge in [0.2, 0.25) is 5.91 Å². The monoisotopic (exact) mass is 343 g/mol. The molecule has 6 heteroatoms. The minimum absolute atomic E-state index is 0.240. The average Bonchev–Trinajstić information content (AvgIpc) is 3.07. The van der Waals surface area contributed by atoms with Crippen LogP contribution in [-0.2, 0) is 14.3 Å². The molecule has 6 nitrogen and oxygen atoms in total. The second-order valence-electron chi connectivity index (χ2n) is 6.62. The summed E-state index contributed by atoms with van der Waals surface area (Å²) < 4.78 is 10.2. The quantitative estimate of drug-likeness (QED) is 0.666. The summed E-state index contributed by atoms with van der Waals surface area (Å²) in [4.78, 5) is 35.0. The average molecular weight is 343 g/mol. The number of furan rings is 1. The first-order valence-electron chi connectivity index (χ1n) is 7.80. The van der Waals surface area contributed by atoms with Crippen molar-refractivity contribution in [3.05, 3.63) is 47.7 Å². The number of hydrogen-bond acceptors (Lipinski definition) is 5. The molecule has 0 radical (unpaired) electrons. The van der Waals surface area contributed by atoms with Crippen LogP contribution in [0.2, 0.25) is 0 Å². The van der Waals surface area contributed by atoms with Crippen LogP contribution in [0, 0.1) is 5.41 Å². The Hall–Kier alpha value is -2.89. The predicted octanol–water partition coefficient (Wildman–Crippen LogP) is 3.14. The van der Waals surface area contributed by atoms with Gasteiger partial charge < -0.3 is 14.5 Å². The Labute approximate surface area is 146 Å². The molecule has 0 unspecified atom stereocenters. The molecule has 0 aliphatic rings. The number of methoxy groups -OCH3 is 1. The molecule has 0 bridgehead atoms. The van der Waals surface area contributed by atoms with Gasteiger partial charge in [0.05, 0.1) is 7.11 Å². The SMILES string of the molecule is COC(=O)[C@@H](NC(=O)C(C)(C)C)c1ccc(-c2ccc(C=O)o2)cc1. The Morgan fingerprint density at radius 2 is 1.76 bits per heavy atom. The second kappa shape index (κ2) is 7.34. The van der Waals surface area contributed by atoms with E-state index in [4.69, 9.17) is 9.15 Å². The number of aldehydes is 1. The van der Waals surface area contributed by atoms with E-state index in [1.807, 2.05) is 0 Å². The van der Waals surface area contributed by atoms with Crippen molar-refractivity contribution in [2.24, 2.45) is 5.41 Å². The van der Waals surface area contributed by atoms with Gasteiger partial charge in [0.1, 0.15) is 5.76 Å². The van der Waals surface area contributed by atoms with E-state index in [0.29, 0.717) is 17.6 Å². The zero-order valence-corrected chi connectivity index (χ0v) is 14.7. The van der Waals surface area contributed by atoms with E-state index in [0.717, 1.165) is 5.56 Å². The smallest absolute Gasteiger partial charge is 0.333 e. The van der Waals surface area contributed by atoms with E-state index in [1.54, 1.807) is 57.2 Å². The van der Waals surface area contributed by atoms with Gasteiger partial charge >= 0.3 is 5.97 Å². The van der Waals surface area contributed by atoms with Crippen LogP contribution in [0.15, 0.2) is 40.8 Å². The zero-order valence-electron chi connectivity index (χ0n) is 14.7. The third-order valence-electron chi connectivity index (χ3n) is 3.66. The Morgan fingerprint density at radius 1 is 1.12 bits per heavy atom. The van der Waals surface area contributed by atoms with Crippen LogP contribution < -0.4 is 5.32 Å². The highest BCUT2D eigenvalue weighted by molar-refractivity contribution is 5.88. The van der Waals surface area contributed by atoms with Crippen molar-refractivity contribution < 1.29 is 23.5 Å². The molecule has 2 aromatic rings. The van der Waals surface area contributed by atoms with E-state index >= 15 is 0 Å². The van der Waals surface area contributed by atoms with Crippen LogP contribution in [0.4, 0.5) is 0 Å². The van der Waals surface area contributed by atoms with Crippen molar-refractivity contribution in [3.8, 4) is 11.3 Å². The van der Waals surface area contributed by atoms with Gasteiger partial charge in [0, 0.05) is 11.0 Å². The Bertz CT molecular complexity index is 768. The summed E-state index contributed by atoms with van der Waals surface area (Å²) >= 11 is 0. The molecule has 0 saturated carbocycles. The molecule has 1 aromatic heterocycles. The van der Waals surface area contributed by atoms with Gasteiger partial charge in [-0.2, -0.15) is 0 Å². The second-order valence-corrected chi connectivity index (χ2v) is 6.62. The number of amides is 1. The van der Waals surface area contributed by atoms with E-state index in [1.165, 1.54) is 7.11 Å². The predicted molar refractivity (Wildman–Crippen MR) is 91.9 cm³/mol. The molecule has 25 heavy (non-hydrogen) atoms. The number of carbonyl (C=O) groups excluding carboxylic acids is 3. The molecule has 1 aromatic carbocycles. The normalized spacial score (nSPS) is 12.3. The maximum absolute atomic E-state index is 12.2. The van der Waals surface area contributed by atoms with Gasteiger partial charge in [-0.3, -0.25) is 9.59 Å². The lowest BCUT2D eigenvalue weighted by Gasteiger charge is -2.23. The minimum Gasteiger partial charge on any atom is -0.467 e. The zero-order chi connectivity index (χ0) is 18.6. The van der Waals surface area contributed by atoms with Crippen molar-refractivity contribution in [2.75, 3.05) is 7.11 Å². The van der Waals surface area contributed by atoms with Crippen molar-refractivity contribution >= 4 is 18.2 Å². The van der Waals surface area contributed by atoms with E-state index in [9.17, 15) is 14.4 Å². The molecule has 1 N–H and O–H groups in total. The first-order chi connectivity index (χ1) is 11.8. The summed E-state index contributed by atoms with van der Waals surface area (Å²) in [6, 6.07) is 9.30. The number of benzene rings is 1. The first-order valence-corrected chi connectivity index (χ1v) is 7.80. The summed E-state index contributed by atoms with van der Waals surface area (Å²) in [7, 11) is 1.27. The minimum atomic E-state index is -0.895. The standard InChI is InChI=1S/C19H21NO5/c1-19(2,3)18(23)20-16(17(22)24-4)13-7-5-12(6-8-13)15-10-9-14(11-21)25-15/h5-11,16H,1-4H3,(H,20,23)/t16-/m0/s1. The third-order valence-corrected chi connectivity index (χ3v) is 3.66. The van der Waals surface area contributed by atoms with Gasteiger partial charge in [-0.25, -0.2) is 4.79 Å². The molecule has 0 saturated heterocycles. The van der Waals surface area contributed by atoms with Gasteiger partial charge in [-0.15, -0.1) is 0 Å². The van der Waals surface area contributed by atoms with Crippen LogP contribution >= 0.6 is 0 Å². The highest BCUT2D eigenvalue weighted by atomic mass is 16.5. The fourth-order valence-corrected chi connectivity index (χ4v) is 2.15. The van der Waals surface area contributed by atoms with Gasteiger partial charge in [0.25, 0.3) is 0 Å². The molecule has 0 aliphatic carbocycles. The van der Waals surface area contributed by atoms with E-state index in [-0.39, 0.29) is 11.7 Å². The molecule has 2 rings (SSSR count). The molecule has 0 fully saturated rings. The number of rotatable bonds is 5. The van der Waals surface area contributed by atoms with Crippen LogP contribution in [0.1, 0.15) is 42.9 Å². The maximum atomic E-state index is 12.2. The molecule has 1 atom stereocenters. The summed E-state index contributed by atoms with van der Waals surface area (Å²) in [6.07, 6.45) is 0.632. The largest absolute Gasteiger partial charge is 0.467 e. The summed E-state index contributed by atoms with van der Waals surface area (Å²) in [5, 5.41) is 2.71. The van der Waals surface area contributed by atoms with Crippen LogP contribution in [0.3, 0.4) is 0 Å². The van der Waals surface area contributed by atoms with Crippen LogP contribution in [0.5, 0.6) is 0 Å². The lowest BCUT2D eigenvalue weighted by molar-refractivity contribution is -0.146. The third kappa shape index (κ3) is 4.35. The fourth-order valence-electron chi connectivity index (χ4n) is 2.15. The first kappa shape index (κ1) is 18.4. The van der Waals surface area contributed by atoms with Crippen molar-refractivity contribution in [1.29, 1.82) is 0 Å². The Balaban J connectivity index is 2.27. The Kier molecular flexibility index (Phi) is 5.41. The summed E-state index contributed by atoms with van der Waals surface area (Å²) in [6.45, 7) is 5.30. The van der Waals surface area contributed by atoms with E-state index < -0.39 is 17.4 Å². The van der Waals surface area contributed by atoms with Crippen LogP contribution in [-0.4, -0.2) is 25.3 Å². The Morgan fingerprint density at radius 3 is 2.24 bits per heavy atom. The number of esters is 1. The molecule has 1 amide bonds. The summed E-state index contributed by atoms with van der Waals surface area (Å²) in [5.41, 5.74) is 0.712. The van der Waals surface area contributed by atoms with Gasteiger partial charge in [-0.1, -0.05) is 45.0 Å². The highest BCUT2D eigenvalue weighted by Gasteiger charge is 2.29. The molecular formula is C19H21NO5. The molecule has 132 valence electrons. The van der Waals surface area contributed by atoms with Crippen LogP contribution in [0.25, 0.3) is 11.3 Å². The number of carbonyl (C=O) groups is 3. The summed E-state index contributed by atoms with van der Waals surface area (Å²) in [5.74, 6) is -0.0221. The number of hydrogen-bond donors (Lipinski definition) is 1.